The first-order chi connectivity index (χ1) is 11.5. The van der Waals surface area contributed by atoms with E-state index in [0.717, 1.165) is 5.56 Å². The summed E-state index contributed by atoms with van der Waals surface area (Å²) < 4.78 is 6.70. The maximum Gasteiger partial charge on any atom is 0.331 e. The SMILES string of the molecule is O=C(NC1(C(=O)O)CCOC1)c1cnn(Cc2ccccc2Cl)c1. The van der Waals surface area contributed by atoms with Crippen molar-refractivity contribution in [2.24, 2.45) is 0 Å². The van der Waals surface area contributed by atoms with Crippen LogP contribution in [-0.2, 0) is 16.1 Å². The van der Waals surface area contributed by atoms with Crippen LogP contribution in [0.5, 0.6) is 0 Å². The third-order valence-electron chi connectivity index (χ3n) is 3.97. The van der Waals surface area contributed by atoms with E-state index in [2.05, 4.69) is 10.4 Å². The quantitative estimate of drug-likeness (QED) is 0.854. The summed E-state index contributed by atoms with van der Waals surface area (Å²) in [5.41, 5.74) is -0.211. The number of hydrogen-bond acceptors (Lipinski definition) is 4. The van der Waals surface area contributed by atoms with Gasteiger partial charge in [-0.2, -0.15) is 5.10 Å². The fourth-order valence-electron chi connectivity index (χ4n) is 2.54. The minimum absolute atomic E-state index is 0.0398. The van der Waals surface area contributed by atoms with Gasteiger partial charge in [0.1, 0.15) is 0 Å². The molecular formula is C16H16ClN3O4. The molecular weight excluding hydrogens is 334 g/mol. The van der Waals surface area contributed by atoms with Gasteiger partial charge in [-0.15, -0.1) is 0 Å². The molecule has 1 atom stereocenters. The lowest BCUT2D eigenvalue weighted by Gasteiger charge is -2.23. The zero-order chi connectivity index (χ0) is 17.2. The first kappa shape index (κ1) is 16.5. The molecule has 3 rings (SSSR count). The highest BCUT2D eigenvalue weighted by molar-refractivity contribution is 6.31. The van der Waals surface area contributed by atoms with Crippen LogP contribution in [0.15, 0.2) is 36.7 Å². The molecule has 24 heavy (non-hydrogen) atoms. The number of nitrogens with one attached hydrogen (secondary N) is 1. The minimum atomic E-state index is -1.37. The number of nitrogens with zero attached hydrogens (tertiary/aromatic N) is 2. The molecule has 0 bridgehead atoms. The molecule has 2 heterocycles. The highest BCUT2D eigenvalue weighted by Crippen LogP contribution is 2.20. The highest BCUT2D eigenvalue weighted by Gasteiger charge is 2.44. The smallest absolute Gasteiger partial charge is 0.331 e. The van der Waals surface area contributed by atoms with Crippen molar-refractivity contribution in [3.63, 3.8) is 0 Å². The van der Waals surface area contributed by atoms with E-state index in [1.165, 1.54) is 6.20 Å². The number of aromatic nitrogens is 2. The Morgan fingerprint density at radius 1 is 1.42 bits per heavy atom. The van der Waals surface area contributed by atoms with Gasteiger partial charge in [-0.1, -0.05) is 29.8 Å². The maximum absolute atomic E-state index is 12.3. The molecule has 0 saturated carbocycles. The van der Waals surface area contributed by atoms with Gasteiger partial charge < -0.3 is 15.2 Å². The Morgan fingerprint density at radius 2 is 2.21 bits per heavy atom. The third kappa shape index (κ3) is 3.27. The van der Waals surface area contributed by atoms with Crippen LogP contribution < -0.4 is 5.32 Å². The van der Waals surface area contributed by atoms with Crippen LogP contribution >= 0.6 is 11.6 Å². The monoisotopic (exact) mass is 349 g/mol. The summed E-state index contributed by atoms with van der Waals surface area (Å²) in [5.74, 6) is -1.59. The number of carbonyl (C=O) groups is 2. The molecule has 1 unspecified atom stereocenters. The molecule has 0 radical (unpaired) electrons. The number of rotatable bonds is 5. The first-order valence-corrected chi connectivity index (χ1v) is 7.77. The number of aliphatic carboxylic acids is 1. The Kier molecular flexibility index (Phi) is 4.55. The molecule has 126 valence electrons. The van der Waals surface area contributed by atoms with E-state index in [-0.39, 0.29) is 18.6 Å². The normalized spacial score (nSPS) is 20.0. The average molecular weight is 350 g/mol. The van der Waals surface area contributed by atoms with Gasteiger partial charge in [-0.3, -0.25) is 9.48 Å². The zero-order valence-electron chi connectivity index (χ0n) is 12.7. The number of halogens is 1. The number of ether oxygens (including phenoxy) is 1. The van der Waals surface area contributed by atoms with Crippen LogP contribution in [0, 0.1) is 0 Å². The van der Waals surface area contributed by atoms with E-state index < -0.39 is 17.4 Å². The van der Waals surface area contributed by atoms with Crippen LogP contribution in [0.4, 0.5) is 0 Å². The van der Waals surface area contributed by atoms with E-state index in [1.54, 1.807) is 16.9 Å². The average Bonchev–Trinajstić information content (AvgIpc) is 3.20. The fraction of sp³-hybridized carbons (Fsp3) is 0.312. The minimum Gasteiger partial charge on any atom is -0.479 e. The van der Waals surface area contributed by atoms with Crippen LogP contribution in [0.25, 0.3) is 0 Å². The van der Waals surface area contributed by atoms with Gasteiger partial charge >= 0.3 is 5.97 Å². The van der Waals surface area contributed by atoms with E-state index in [9.17, 15) is 14.7 Å². The molecule has 1 aromatic carbocycles. The van der Waals surface area contributed by atoms with Gasteiger partial charge in [0.15, 0.2) is 5.54 Å². The van der Waals surface area contributed by atoms with Gasteiger partial charge in [-0.25, -0.2) is 4.79 Å². The number of benzene rings is 1. The Morgan fingerprint density at radius 3 is 2.88 bits per heavy atom. The maximum atomic E-state index is 12.3. The molecule has 0 spiro atoms. The van der Waals surface area contributed by atoms with E-state index in [1.807, 2.05) is 18.2 Å². The van der Waals surface area contributed by atoms with Crippen molar-refractivity contribution in [2.75, 3.05) is 13.2 Å². The number of carbonyl (C=O) groups excluding carboxylic acids is 1. The van der Waals surface area contributed by atoms with Gasteiger partial charge in [0.25, 0.3) is 5.91 Å². The van der Waals surface area contributed by atoms with Crippen LogP contribution in [0.1, 0.15) is 22.3 Å². The highest BCUT2D eigenvalue weighted by atomic mass is 35.5. The molecule has 1 aliphatic heterocycles. The van der Waals surface area contributed by atoms with Crippen molar-refractivity contribution >= 4 is 23.5 Å². The summed E-state index contributed by atoms with van der Waals surface area (Å²) in [4.78, 5) is 23.8. The predicted octanol–water partition coefficient (Wildman–Crippen LogP) is 1.56. The Balaban J connectivity index is 1.72. The summed E-state index contributed by atoms with van der Waals surface area (Å²) >= 11 is 6.11. The Hall–Kier alpha value is -2.38. The molecule has 1 fully saturated rings. The summed E-state index contributed by atoms with van der Waals surface area (Å²) in [6, 6.07) is 7.36. The van der Waals surface area contributed by atoms with Gasteiger partial charge in [0.05, 0.1) is 24.9 Å². The molecule has 1 saturated heterocycles. The second kappa shape index (κ2) is 6.62. The fourth-order valence-corrected chi connectivity index (χ4v) is 2.74. The molecule has 8 heteroatoms. The van der Waals surface area contributed by atoms with Crippen molar-refractivity contribution in [1.29, 1.82) is 0 Å². The Bertz CT molecular complexity index is 768. The number of carboxylic acids is 1. The van der Waals surface area contributed by atoms with E-state index >= 15 is 0 Å². The topological polar surface area (TPSA) is 93.5 Å². The molecule has 2 aromatic rings. The lowest BCUT2D eigenvalue weighted by Crippen LogP contribution is -2.55. The van der Waals surface area contributed by atoms with E-state index in [0.29, 0.717) is 18.2 Å². The van der Waals surface area contributed by atoms with Crippen molar-refractivity contribution in [3.8, 4) is 0 Å². The first-order valence-electron chi connectivity index (χ1n) is 7.40. The van der Waals surface area contributed by atoms with Crippen molar-refractivity contribution in [2.45, 2.75) is 18.5 Å². The summed E-state index contributed by atoms with van der Waals surface area (Å²) in [7, 11) is 0. The van der Waals surface area contributed by atoms with Crippen molar-refractivity contribution in [3.05, 3.63) is 52.8 Å². The number of hydrogen-bond donors (Lipinski definition) is 2. The lowest BCUT2D eigenvalue weighted by atomic mass is 9.98. The van der Waals surface area contributed by atoms with Crippen molar-refractivity contribution < 1.29 is 19.4 Å². The summed E-state index contributed by atoms with van der Waals surface area (Å²) in [5, 5.41) is 16.7. The predicted molar refractivity (Wildman–Crippen MR) is 86.1 cm³/mol. The standard InChI is InChI=1S/C16H16ClN3O4/c17-13-4-2-1-3-11(13)8-20-9-12(7-18-20)14(21)19-16(15(22)23)5-6-24-10-16/h1-4,7,9H,5-6,8,10H2,(H,19,21)(H,22,23). The second-order valence-corrected chi connectivity index (χ2v) is 6.07. The van der Waals surface area contributed by atoms with Crippen LogP contribution in [-0.4, -0.2) is 45.5 Å². The molecule has 1 aromatic heterocycles. The number of amides is 1. The third-order valence-corrected chi connectivity index (χ3v) is 4.34. The molecule has 1 aliphatic rings. The van der Waals surface area contributed by atoms with Gasteiger partial charge in [-0.05, 0) is 11.6 Å². The zero-order valence-corrected chi connectivity index (χ0v) is 13.5. The Labute approximate surface area is 143 Å². The van der Waals surface area contributed by atoms with Gasteiger partial charge in [0.2, 0.25) is 0 Å². The lowest BCUT2D eigenvalue weighted by molar-refractivity contribution is -0.144. The molecule has 1 amide bonds. The largest absolute Gasteiger partial charge is 0.479 e. The van der Waals surface area contributed by atoms with E-state index in [4.69, 9.17) is 16.3 Å². The van der Waals surface area contributed by atoms with Crippen molar-refractivity contribution in [1.82, 2.24) is 15.1 Å². The second-order valence-electron chi connectivity index (χ2n) is 5.66. The van der Waals surface area contributed by atoms with Crippen LogP contribution in [0.3, 0.4) is 0 Å². The van der Waals surface area contributed by atoms with Crippen LogP contribution in [0.2, 0.25) is 5.02 Å². The number of carboxylic acid groups (broad SMARTS) is 1. The molecule has 2 N–H and O–H groups in total. The summed E-state index contributed by atoms with van der Waals surface area (Å²) in [6.45, 7) is 0.681. The molecule has 7 nitrogen and oxygen atoms in total. The molecule has 0 aliphatic carbocycles. The summed E-state index contributed by atoms with van der Waals surface area (Å²) in [6.07, 6.45) is 3.20. The van der Waals surface area contributed by atoms with Gasteiger partial charge in [0, 0.05) is 24.2 Å².